The molecule has 1 aliphatic rings. The van der Waals surface area contributed by atoms with Crippen molar-refractivity contribution in [2.75, 3.05) is 26.9 Å². The van der Waals surface area contributed by atoms with Crippen LogP contribution in [0.4, 0.5) is 0 Å². The Kier molecular flexibility index (Phi) is 6.04. The van der Waals surface area contributed by atoms with Gasteiger partial charge in [0.15, 0.2) is 18.1 Å². The van der Waals surface area contributed by atoms with E-state index in [0.29, 0.717) is 23.7 Å². The van der Waals surface area contributed by atoms with Gasteiger partial charge in [-0.15, -0.1) is 0 Å². The van der Waals surface area contributed by atoms with E-state index in [-0.39, 0.29) is 25.0 Å². The third-order valence-corrected chi connectivity index (χ3v) is 4.75. The molecule has 0 N–H and O–H groups in total. The molecular weight excluding hydrogens is 362 g/mol. The number of hydrogen-bond donors (Lipinski definition) is 0. The Morgan fingerprint density at radius 2 is 1.96 bits per heavy atom. The zero-order valence-corrected chi connectivity index (χ0v) is 16.6. The average Bonchev–Trinajstić information content (AvgIpc) is 2.99. The number of aromatic nitrogens is 1. The van der Waals surface area contributed by atoms with Crippen LogP contribution in [-0.4, -0.2) is 49.4 Å². The van der Waals surface area contributed by atoms with E-state index in [2.05, 4.69) is 0 Å². The summed E-state index contributed by atoms with van der Waals surface area (Å²) in [5.41, 5.74) is 2.33. The number of aryl methyl sites for hydroxylation is 1. The van der Waals surface area contributed by atoms with Gasteiger partial charge in [-0.1, -0.05) is 12.1 Å². The highest BCUT2D eigenvalue weighted by atomic mass is 16.6. The lowest BCUT2D eigenvalue weighted by Gasteiger charge is -2.24. The molecule has 3 rings (SSSR count). The number of Topliss-reactive ketones (excluding diaryl/α,β-unsaturated/α-hetero) is 1. The highest BCUT2D eigenvalue weighted by Crippen LogP contribution is 2.31. The molecule has 0 amide bonds. The number of rotatable bonds is 7. The van der Waals surface area contributed by atoms with Crippen molar-refractivity contribution in [3.05, 3.63) is 47.3 Å². The smallest absolute Gasteiger partial charge is 0.351 e. The molecule has 28 heavy (non-hydrogen) atoms. The Morgan fingerprint density at radius 3 is 2.68 bits per heavy atom. The molecule has 2 heterocycles. The van der Waals surface area contributed by atoms with Crippen molar-refractivity contribution < 1.29 is 28.5 Å². The number of carbonyl (C=O) groups is 2. The quantitative estimate of drug-likeness (QED) is 0.537. The van der Waals surface area contributed by atoms with Gasteiger partial charge in [-0.05, 0) is 39.0 Å². The van der Waals surface area contributed by atoms with Crippen LogP contribution in [0.15, 0.2) is 30.3 Å². The van der Waals surface area contributed by atoms with Crippen molar-refractivity contribution in [3.63, 3.8) is 0 Å². The number of methoxy groups -OCH3 is 1. The summed E-state index contributed by atoms with van der Waals surface area (Å²) >= 11 is 0. The van der Waals surface area contributed by atoms with Gasteiger partial charge in [0.2, 0.25) is 11.9 Å². The number of ether oxygens (including phenoxy) is 4. The molecule has 0 saturated carbocycles. The summed E-state index contributed by atoms with van der Waals surface area (Å²) in [4.78, 5) is 24.9. The van der Waals surface area contributed by atoms with Crippen LogP contribution >= 0.6 is 0 Å². The summed E-state index contributed by atoms with van der Waals surface area (Å²) in [5, 5.41) is 0. The maximum absolute atomic E-state index is 12.6. The molecular formula is C21H25NO6. The van der Waals surface area contributed by atoms with Crippen molar-refractivity contribution in [1.29, 1.82) is 0 Å². The minimum absolute atomic E-state index is 0.0487. The highest BCUT2D eigenvalue weighted by Gasteiger charge is 2.29. The number of esters is 1. The molecule has 1 aromatic heterocycles. The van der Waals surface area contributed by atoms with Crippen LogP contribution in [0.5, 0.6) is 11.5 Å². The predicted octanol–water partition coefficient (Wildman–Crippen LogP) is 2.88. The van der Waals surface area contributed by atoms with Crippen LogP contribution in [0, 0.1) is 13.8 Å². The van der Waals surface area contributed by atoms with E-state index in [4.69, 9.17) is 18.9 Å². The molecule has 7 nitrogen and oxygen atoms in total. The molecule has 2 aromatic rings. The first-order valence-electron chi connectivity index (χ1n) is 9.18. The number of nitrogens with zero attached hydrogens (tertiary/aromatic N) is 1. The van der Waals surface area contributed by atoms with E-state index in [1.165, 1.54) is 0 Å². The normalized spacial score (nSPS) is 16.5. The first-order chi connectivity index (χ1) is 13.4. The number of ketones is 1. The molecule has 0 spiro atoms. The van der Waals surface area contributed by atoms with E-state index < -0.39 is 12.1 Å². The van der Waals surface area contributed by atoms with Gasteiger partial charge >= 0.3 is 5.97 Å². The number of fused-ring (bicyclic) bond motifs is 1. The van der Waals surface area contributed by atoms with Crippen LogP contribution in [0.2, 0.25) is 0 Å². The largest absolute Gasteiger partial charge is 0.485 e. The second kappa shape index (κ2) is 8.48. The summed E-state index contributed by atoms with van der Waals surface area (Å²) < 4.78 is 23.6. The highest BCUT2D eigenvalue weighted by molar-refractivity contribution is 5.99. The topological polar surface area (TPSA) is 76.0 Å². The van der Waals surface area contributed by atoms with E-state index in [0.717, 1.165) is 11.4 Å². The van der Waals surface area contributed by atoms with Gasteiger partial charge in [0, 0.05) is 24.1 Å². The van der Waals surface area contributed by atoms with E-state index >= 15 is 0 Å². The molecule has 0 saturated heterocycles. The van der Waals surface area contributed by atoms with Gasteiger partial charge in [-0.2, -0.15) is 0 Å². The third kappa shape index (κ3) is 4.04. The zero-order valence-electron chi connectivity index (χ0n) is 16.6. The van der Waals surface area contributed by atoms with Gasteiger partial charge in [-0.25, -0.2) is 4.79 Å². The second-order valence-corrected chi connectivity index (χ2v) is 6.85. The van der Waals surface area contributed by atoms with Gasteiger partial charge in [0.05, 0.1) is 12.6 Å². The van der Waals surface area contributed by atoms with Crippen LogP contribution in [0.25, 0.3) is 0 Å². The summed E-state index contributed by atoms with van der Waals surface area (Å²) in [6.07, 6.45) is -0.892. The maximum Gasteiger partial charge on any atom is 0.351 e. The van der Waals surface area contributed by atoms with Crippen LogP contribution in [-0.2, 0) is 14.3 Å². The Morgan fingerprint density at radius 1 is 1.25 bits per heavy atom. The van der Waals surface area contributed by atoms with Crippen molar-refractivity contribution in [1.82, 2.24) is 4.57 Å². The fourth-order valence-corrected chi connectivity index (χ4v) is 3.50. The number of hydrogen-bond acceptors (Lipinski definition) is 6. The Balaban J connectivity index is 1.62. The predicted molar refractivity (Wildman–Crippen MR) is 102 cm³/mol. The molecule has 1 aromatic carbocycles. The summed E-state index contributed by atoms with van der Waals surface area (Å²) in [6, 6.07) is 9.01. The fraction of sp³-hybridized carbons (Fsp3) is 0.429. The second-order valence-electron chi connectivity index (χ2n) is 6.85. The monoisotopic (exact) mass is 387 g/mol. The van der Waals surface area contributed by atoms with Crippen molar-refractivity contribution in [2.24, 2.45) is 0 Å². The maximum atomic E-state index is 12.6. The lowest BCUT2D eigenvalue weighted by molar-refractivity contribution is -0.153. The Labute approximate surface area is 164 Å². The van der Waals surface area contributed by atoms with Gasteiger partial charge in [0.1, 0.15) is 6.61 Å². The lowest BCUT2D eigenvalue weighted by atomic mass is 10.1. The molecule has 0 radical (unpaired) electrons. The van der Waals surface area contributed by atoms with Gasteiger partial charge < -0.3 is 23.5 Å². The molecule has 0 aliphatic carbocycles. The molecule has 150 valence electrons. The van der Waals surface area contributed by atoms with Gasteiger partial charge in [0.25, 0.3) is 0 Å². The van der Waals surface area contributed by atoms with Crippen molar-refractivity contribution in [2.45, 2.75) is 32.9 Å². The van der Waals surface area contributed by atoms with Crippen LogP contribution in [0.1, 0.15) is 34.7 Å². The molecule has 2 unspecified atom stereocenters. The minimum atomic E-state index is -0.892. The first-order valence-corrected chi connectivity index (χ1v) is 9.18. The zero-order chi connectivity index (χ0) is 20.3. The standard InChI is InChI=1S/C21H25NO6/c1-13-9-16(15(3)22(13)14(2)10-25-4)17(23)11-27-21(24)20-12-26-18-7-5-6-8-19(18)28-20/h5-9,14,20H,10-12H2,1-4H3. The fourth-order valence-electron chi connectivity index (χ4n) is 3.50. The summed E-state index contributed by atoms with van der Waals surface area (Å²) in [7, 11) is 1.64. The number of para-hydroxylation sites is 2. The Hall–Kier alpha value is -2.80. The van der Waals surface area contributed by atoms with Crippen molar-refractivity contribution >= 4 is 11.8 Å². The SMILES string of the molecule is COCC(C)n1c(C)cc(C(=O)COC(=O)C2COc3ccccc3O2)c1C. The van der Waals surface area contributed by atoms with E-state index in [1.54, 1.807) is 25.3 Å². The average molecular weight is 387 g/mol. The minimum Gasteiger partial charge on any atom is -0.485 e. The summed E-state index contributed by atoms with van der Waals surface area (Å²) in [5.74, 6) is 0.191. The molecule has 0 fully saturated rings. The number of carbonyl (C=O) groups excluding carboxylic acids is 2. The van der Waals surface area contributed by atoms with E-state index in [9.17, 15) is 9.59 Å². The molecule has 0 bridgehead atoms. The molecule has 7 heteroatoms. The van der Waals surface area contributed by atoms with Crippen LogP contribution < -0.4 is 9.47 Å². The van der Waals surface area contributed by atoms with Gasteiger partial charge in [-0.3, -0.25) is 4.79 Å². The number of benzene rings is 1. The first kappa shape index (κ1) is 19.9. The summed E-state index contributed by atoms with van der Waals surface area (Å²) in [6.45, 7) is 6.09. The van der Waals surface area contributed by atoms with Crippen LogP contribution in [0.3, 0.4) is 0 Å². The molecule has 1 aliphatic heterocycles. The Bertz CT molecular complexity index is 872. The van der Waals surface area contributed by atoms with E-state index in [1.807, 2.05) is 37.5 Å². The third-order valence-electron chi connectivity index (χ3n) is 4.75. The lowest BCUT2D eigenvalue weighted by Crippen LogP contribution is -2.38. The van der Waals surface area contributed by atoms with Crippen molar-refractivity contribution in [3.8, 4) is 11.5 Å². The molecule has 2 atom stereocenters.